The summed E-state index contributed by atoms with van der Waals surface area (Å²) >= 11 is 0. The van der Waals surface area contributed by atoms with Crippen LogP contribution in [0.1, 0.15) is 21.5 Å². The van der Waals surface area contributed by atoms with Gasteiger partial charge in [0.05, 0.1) is 19.3 Å². The van der Waals surface area contributed by atoms with Crippen LogP contribution in [-0.4, -0.2) is 71.7 Å². The van der Waals surface area contributed by atoms with Crippen molar-refractivity contribution in [3.05, 3.63) is 64.7 Å². The molecular weight excluding hydrogens is 406 g/mol. The highest BCUT2D eigenvalue weighted by Crippen LogP contribution is 2.30. The predicted octanol–water partition coefficient (Wildman–Crippen LogP) is 1.86. The number of allylic oxidation sites excluding steroid dienone is 1. The number of hydrogen-bond acceptors (Lipinski definition) is 5. The molecule has 2 fully saturated rings. The van der Waals surface area contributed by atoms with Crippen molar-refractivity contribution >= 4 is 17.9 Å². The maximum absolute atomic E-state index is 12.9. The maximum Gasteiger partial charge on any atom is 0.259 e. The number of aliphatic hydroxyl groups is 1. The van der Waals surface area contributed by atoms with Gasteiger partial charge in [-0.25, -0.2) is 0 Å². The normalized spacial score (nSPS) is 18.9. The lowest BCUT2D eigenvalue weighted by atomic mass is 9.99. The standard InChI is InChI=1S/C25H23N3O4/c26-14-17-11-20-5-6-21(13-22(20)12-17)18-1-3-19(4-2-18)23(29)27-7-9-28(10-8-27)24(30)25(31)15-32-16-25/h1-6,12-13,31H,7-11,15-16H2. The van der Waals surface area contributed by atoms with E-state index in [-0.39, 0.29) is 25.0 Å². The predicted molar refractivity (Wildman–Crippen MR) is 117 cm³/mol. The molecule has 2 saturated heterocycles. The first-order valence-corrected chi connectivity index (χ1v) is 10.7. The Bertz CT molecular complexity index is 1150. The monoisotopic (exact) mass is 429 g/mol. The second kappa shape index (κ2) is 7.90. The number of piperazine rings is 1. The first-order valence-electron chi connectivity index (χ1n) is 10.7. The van der Waals surface area contributed by atoms with Gasteiger partial charge in [-0.3, -0.25) is 9.59 Å². The quantitative estimate of drug-likeness (QED) is 0.804. The van der Waals surface area contributed by atoms with E-state index in [9.17, 15) is 14.7 Å². The van der Waals surface area contributed by atoms with E-state index < -0.39 is 5.60 Å². The Morgan fingerprint density at radius 2 is 1.62 bits per heavy atom. The van der Waals surface area contributed by atoms with E-state index in [1.807, 2.05) is 36.4 Å². The lowest BCUT2D eigenvalue weighted by Gasteiger charge is -2.42. The minimum Gasteiger partial charge on any atom is -0.376 e. The number of hydrogen-bond donors (Lipinski definition) is 1. The Morgan fingerprint density at radius 1 is 0.969 bits per heavy atom. The van der Waals surface area contributed by atoms with Gasteiger partial charge in [0.2, 0.25) is 0 Å². The van der Waals surface area contributed by atoms with Crippen LogP contribution in [0, 0.1) is 11.3 Å². The van der Waals surface area contributed by atoms with E-state index in [2.05, 4.69) is 18.2 Å². The summed E-state index contributed by atoms with van der Waals surface area (Å²) in [7, 11) is 0. The van der Waals surface area contributed by atoms with Gasteiger partial charge in [0.15, 0.2) is 5.60 Å². The lowest BCUT2D eigenvalue weighted by molar-refractivity contribution is -0.201. The molecule has 0 bridgehead atoms. The van der Waals surface area contributed by atoms with E-state index in [0.29, 0.717) is 38.2 Å². The van der Waals surface area contributed by atoms with Gasteiger partial charge in [-0.05, 0) is 46.5 Å². The summed E-state index contributed by atoms with van der Waals surface area (Å²) in [5.41, 5.74) is 4.27. The number of benzene rings is 2. The fraction of sp³-hybridized carbons (Fsp3) is 0.320. The third-order valence-electron chi connectivity index (χ3n) is 6.40. The zero-order valence-electron chi connectivity index (χ0n) is 17.6. The molecule has 0 aromatic heterocycles. The number of fused-ring (bicyclic) bond motifs is 1. The summed E-state index contributed by atoms with van der Waals surface area (Å²) in [5.74, 6) is -0.379. The van der Waals surface area contributed by atoms with Crippen LogP contribution in [0.15, 0.2) is 48.0 Å². The van der Waals surface area contributed by atoms with Gasteiger partial charge in [0, 0.05) is 43.7 Å². The Balaban J connectivity index is 1.23. The second-order valence-electron chi connectivity index (χ2n) is 8.56. The summed E-state index contributed by atoms with van der Waals surface area (Å²) in [6.07, 6.45) is 2.61. The van der Waals surface area contributed by atoms with E-state index in [1.54, 1.807) is 9.80 Å². The minimum absolute atomic E-state index is 0.0390. The number of carbonyl (C=O) groups is 2. The van der Waals surface area contributed by atoms with Crippen molar-refractivity contribution < 1.29 is 19.4 Å². The molecule has 32 heavy (non-hydrogen) atoms. The molecule has 0 unspecified atom stereocenters. The molecule has 1 aliphatic carbocycles. The van der Waals surface area contributed by atoms with E-state index in [0.717, 1.165) is 27.8 Å². The first-order chi connectivity index (χ1) is 15.5. The van der Waals surface area contributed by atoms with Crippen molar-refractivity contribution in [3.8, 4) is 17.2 Å². The van der Waals surface area contributed by atoms with Crippen molar-refractivity contribution in [1.29, 1.82) is 5.26 Å². The van der Waals surface area contributed by atoms with Crippen LogP contribution in [0.4, 0.5) is 0 Å². The highest BCUT2D eigenvalue weighted by Gasteiger charge is 2.46. The Labute approximate surface area is 186 Å². The molecule has 0 atom stereocenters. The van der Waals surface area contributed by atoms with Crippen molar-refractivity contribution in [2.75, 3.05) is 39.4 Å². The zero-order chi connectivity index (χ0) is 22.3. The molecule has 3 aliphatic rings. The molecule has 7 nitrogen and oxygen atoms in total. The molecule has 2 aliphatic heterocycles. The van der Waals surface area contributed by atoms with Crippen LogP contribution in [-0.2, 0) is 16.0 Å². The number of nitriles is 1. The molecular formula is C25H23N3O4. The van der Waals surface area contributed by atoms with Crippen LogP contribution in [0.3, 0.4) is 0 Å². The smallest absolute Gasteiger partial charge is 0.259 e. The van der Waals surface area contributed by atoms with Gasteiger partial charge in [-0.2, -0.15) is 5.26 Å². The number of nitrogens with zero attached hydrogens (tertiary/aromatic N) is 3. The minimum atomic E-state index is -1.40. The van der Waals surface area contributed by atoms with Crippen molar-refractivity contribution in [1.82, 2.24) is 9.80 Å². The molecule has 0 spiro atoms. The molecule has 2 aromatic rings. The fourth-order valence-corrected chi connectivity index (χ4v) is 4.40. The molecule has 2 aromatic carbocycles. The second-order valence-corrected chi connectivity index (χ2v) is 8.56. The van der Waals surface area contributed by atoms with Crippen LogP contribution in [0.5, 0.6) is 0 Å². The highest BCUT2D eigenvalue weighted by atomic mass is 16.5. The van der Waals surface area contributed by atoms with Gasteiger partial charge >= 0.3 is 0 Å². The number of amides is 2. The third kappa shape index (κ3) is 3.58. The summed E-state index contributed by atoms with van der Waals surface area (Å²) in [4.78, 5) is 28.7. The Kier molecular flexibility index (Phi) is 5.04. The molecule has 0 saturated carbocycles. The number of rotatable bonds is 3. The van der Waals surface area contributed by atoms with Gasteiger partial charge in [-0.15, -0.1) is 0 Å². The highest BCUT2D eigenvalue weighted by molar-refractivity contribution is 5.95. The third-order valence-corrected chi connectivity index (χ3v) is 6.40. The zero-order valence-corrected chi connectivity index (χ0v) is 17.6. The van der Waals surface area contributed by atoms with E-state index in [4.69, 9.17) is 10.00 Å². The van der Waals surface area contributed by atoms with Gasteiger partial charge in [0.1, 0.15) is 0 Å². The van der Waals surface area contributed by atoms with Crippen molar-refractivity contribution in [3.63, 3.8) is 0 Å². The van der Waals surface area contributed by atoms with Crippen LogP contribution >= 0.6 is 0 Å². The summed E-state index contributed by atoms with van der Waals surface area (Å²) in [6, 6.07) is 15.9. The fourth-order valence-electron chi connectivity index (χ4n) is 4.40. The lowest BCUT2D eigenvalue weighted by Crippen LogP contribution is -2.64. The number of carbonyl (C=O) groups excluding carboxylic acids is 2. The van der Waals surface area contributed by atoms with Crippen LogP contribution in [0.2, 0.25) is 0 Å². The first kappa shape index (κ1) is 20.4. The van der Waals surface area contributed by atoms with Crippen LogP contribution < -0.4 is 0 Å². The van der Waals surface area contributed by atoms with Gasteiger partial charge < -0.3 is 19.6 Å². The molecule has 1 N–H and O–H groups in total. The summed E-state index contributed by atoms with van der Waals surface area (Å²) in [6.45, 7) is 1.74. The molecule has 0 radical (unpaired) electrons. The largest absolute Gasteiger partial charge is 0.376 e. The average Bonchev–Trinajstić information content (AvgIpc) is 3.24. The summed E-state index contributed by atoms with van der Waals surface area (Å²) < 4.78 is 4.96. The van der Waals surface area contributed by atoms with Crippen molar-refractivity contribution in [2.24, 2.45) is 0 Å². The van der Waals surface area contributed by atoms with Crippen LogP contribution in [0.25, 0.3) is 17.2 Å². The van der Waals surface area contributed by atoms with E-state index >= 15 is 0 Å². The average molecular weight is 429 g/mol. The topological polar surface area (TPSA) is 93.9 Å². The van der Waals surface area contributed by atoms with Crippen molar-refractivity contribution in [2.45, 2.75) is 12.0 Å². The Morgan fingerprint density at radius 3 is 2.25 bits per heavy atom. The number of ether oxygens (including phenoxy) is 1. The maximum atomic E-state index is 12.9. The Hall–Kier alpha value is -3.47. The summed E-state index contributed by atoms with van der Waals surface area (Å²) in [5, 5.41) is 19.3. The van der Waals surface area contributed by atoms with Gasteiger partial charge in [0.25, 0.3) is 11.8 Å². The molecule has 2 heterocycles. The molecule has 162 valence electrons. The van der Waals surface area contributed by atoms with E-state index in [1.165, 1.54) is 0 Å². The molecule has 2 amide bonds. The molecule has 7 heteroatoms. The molecule has 5 rings (SSSR count). The SMILES string of the molecule is N#CC1=Cc2cc(-c3ccc(C(=O)N4CCN(C(=O)C5(O)COC5)CC4)cc3)ccc2C1. The van der Waals surface area contributed by atoms with Gasteiger partial charge in [-0.1, -0.05) is 24.3 Å².